The van der Waals surface area contributed by atoms with Gasteiger partial charge >= 0.3 is 0 Å². The minimum atomic E-state index is 0.499. The first-order chi connectivity index (χ1) is 8.40. The summed E-state index contributed by atoms with van der Waals surface area (Å²) in [4.78, 5) is 0. The van der Waals surface area contributed by atoms with Crippen LogP contribution in [0.1, 0.15) is 44.9 Å². The number of fused-ring (bicyclic) bond motifs is 2. The second-order valence-electron chi connectivity index (χ2n) is 6.10. The predicted molar refractivity (Wildman–Crippen MR) is 69.1 cm³/mol. The van der Waals surface area contributed by atoms with Crippen LogP contribution in [0.25, 0.3) is 0 Å². The highest BCUT2D eigenvalue weighted by atomic mass is 16.5. The maximum Gasteiger partial charge on any atom is 0.0700 e. The van der Waals surface area contributed by atoms with Crippen LogP contribution in [0.5, 0.6) is 0 Å². The lowest BCUT2D eigenvalue weighted by molar-refractivity contribution is 0.109. The zero-order chi connectivity index (χ0) is 11.5. The van der Waals surface area contributed by atoms with Crippen molar-refractivity contribution >= 4 is 0 Å². The zero-order valence-corrected chi connectivity index (χ0v) is 10.8. The molecule has 3 fully saturated rings. The van der Waals surface area contributed by atoms with Crippen molar-refractivity contribution in [1.82, 2.24) is 10.6 Å². The van der Waals surface area contributed by atoms with Gasteiger partial charge in [-0.05, 0) is 57.4 Å². The van der Waals surface area contributed by atoms with Crippen LogP contribution in [-0.4, -0.2) is 37.9 Å². The average Bonchev–Trinajstić information content (AvgIpc) is 2.95. The Morgan fingerprint density at radius 1 is 1.12 bits per heavy atom. The Balaban J connectivity index is 1.29. The fraction of sp³-hybridized carbons (Fsp3) is 1.00. The van der Waals surface area contributed by atoms with Gasteiger partial charge in [0, 0.05) is 25.2 Å². The smallest absolute Gasteiger partial charge is 0.0700 e. The highest BCUT2D eigenvalue weighted by Gasteiger charge is 2.32. The molecule has 3 nitrogen and oxygen atoms in total. The SMILES string of the molecule is C1COC(CNCCC2CC3CCC(C2)N3)C1. The molecule has 17 heavy (non-hydrogen) atoms. The molecule has 3 aliphatic rings. The van der Waals surface area contributed by atoms with Gasteiger partial charge in [-0.25, -0.2) is 0 Å². The van der Waals surface area contributed by atoms with E-state index in [9.17, 15) is 0 Å². The van der Waals surface area contributed by atoms with E-state index < -0.39 is 0 Å². The number of piperidine rings is 1. The van der Waals surface area contributed by atoms with Gasteiger partial charge in [-0.2, -0.15) is 0 Å². The molecular formula is C14H26N2O. The van der Waals surface area contributed by atoms with Crippen LogP contribution in [0.15, 0.2) is 0 Å². The average molecular weight is 238 g/mol. The molecule has 0 spiro atoms. The van der Waals surface area contributed by atoms with Crippen LogP contribution in [0, 0.1) is 5.92 Å². The van der Waals surface area contributed by atoms with E-state index in [1.807, 2.05) is 0 Å². The van der Waals surface area contributed by atoms with Gasteiger partial charge in [0.15, 0.2) is 0 Å². The molecule has 98 valence electrons. The second kappa shape index (κ2) is 5.68. The Hall–Kier alpha value is -0.120. The van der Waals surface area contributed by atoms with Gasteiger partial charge in [-0.1, -0.05) is 0 Å². The lowest BCUT2D eigenvalue weighted by Crippen LogP contribution is -2.39. The van der Waals surface area contributed by atoms with E-state index in [1.165, 1.54) is 51.5 Å². The highest BCUT2D eigenvalue weighted by Crippen LogP contribution is 2.32. The largest absolute Gasteiger partial charge is 0.377 e. The van der Waals surface area contributed by atoms with Crippen LogP contribution in [0.3, 0.4) is 0 Å². The van der Waals surface area contributed by atoms with Gasteiger partial charge in [0.25, 0.3) is 0 Å². The summed E-state index contributed by atoms with van der Waals surface area (Å²) in [6, 6.07) is 1.69. The van der Waals surface area contributed by atoms with E-state index in [0.29, 0.717) is 6.10 Å². The Kier molecular flexibility index (Phi) is 3.99. The van der Waals surface area contributed by atoms with E-state index in [0.717, 1.165) is 31.2 Å². The van der Waals surface area contributed by atoms with Crippen molar-refractivity contribution < 1.29 is 4.74 Å². The van der Waals surface area contributed by atoms with Crippen molar-refractivity contribution in [3.8, 4) is 0 Å². The molecule has 0 saturated carbocycles. The van der Waals surface area contributed by atoms with Crippen LogP contribution in [-0.2, 0) is 4.74 Å². The van der Waals surface area contributed by atoms with E-state index in [2.05, 4.69) is 10.6 Å². The van der Waals surface area contributed by atoms with Crippen LogP contribution >= 0.6 is 0 Å². The van der Waals surface area contributed by atoms with Crippen molar-refractivity contribution in [3.05, 3.63) is 0 Å². The summed E-state index contributed by atoms with van der Waals surface area (Å²) < 4.78 is 5.62. The van der Waals surface area contributed by atoms with Crippen LogP contribution in [0.2, 0.25) is 0 Å². The predicted octanol–water partition coefficient (Wildman–Crippen LogP) is 1.68. The van der Waals surface area contributed by atoms with Crippen LogP contribution < -0.4 is 10.6 Å². The number of nitrogens with one attached hydrogen (secondary N) is 2. The summed E-state index contributed by atoms with van der Waals surface area (Å²) in [6.07, 6.45) is 10.0. The molecule has 2 bridgehead atoms. The minimum Gasteiger partial charge on any atom is -0.377 e. The Labute approximate surface area is 105 Å². The third-order valence-electron chi connectivity index (χ3n) is 4.70. The molecule has 0 aromatic heterocycles. The molecule has 0 radical (unpaired) electrons. The lowest BCUT2D eigenvalue weighted by atomic mass is 9.90. The number of hydrogen-bond donors (Lipinski definition) is 2. The Morgan fingerprint density at radius 3 is 2.65 bits per heavy atom. The first-order valence-corrected chi connectivity index (χ1v) is 7.48. The van der Waals surface area contributed by atoms with Crippen molar-refractivity contribution in [2.75, 3.05) is 19.7 Å². The number of rotatable bonds is 5. The molecule has 0 aliphatic carbocycles. The Morgan fingerprint density at radius 2 is 1.94 bits per heavy atom. The quantitative estimate of drug-likeness (QED) is 0.715. The van der Waals surface area contributed by atoms with Crippen molar-refractivity contribution in [3.63, 3.8) is 0 Å². The monoisotopic (exact) mass is 238 g/mol. The summed E-state index contributed by atoms with van der Waals surface area (Å²) in [7, 11) is 0. The number of ether oxygens (including phenoxy) is 1. The minimum absolute atomic E-state index is 0.499. The standard InChI is InChI=1S/C14H26N2O/c1-2-14(17-7-1)10-15-6-5-11-8-12-3-4-13(9-11)16-12/h11-16H,1-10H2. The molecule has 3 aliphatic heterocycles. The lowest BCUT2D eigenvalue weighted by Gasteiger charge is -2.29. The van der Waals surface area contributed by atoms with E-state index >= 15 is 0 Å². The summed E-state index contributed by atoms with van der Waals surface area (Å²) in [5.41, 5.74) is 0. The molecule has 0 amide bonds. The van der Waals surface area contributed by atoms with Gasteiger partial charge in [0.05, 0.1) is 6.10 Å². The summed E-state index contributed by atoms with van der Waals surface area (Å²) in [5, 5.41) is 7.29. The first kappa shape index (κ1) is 11.9. The molecule has 0 aromatic carbocycles. The summed E-state index contributed by atoms with van der Waals surface area (Å²) in [5.74, 6) is 0.964. The molecule has 3 heteroatoms. The summed E-state index contributed by atoms with van der Waals surface area (Å²) >= 11 is 0. The molecule has 2 N–H and O–H groups in total. The topological polar surface area (TPSA) is 33.3 Å². The molecular weight excluding hydrogens is 212 g/mol. The second-order valence-corrected chi connectivity index (χ2v) is 6.10. The van der Waals surface area contributed by atoms with Gasteiger partial charge in [0.2, 0.25) is 0 Å². The highest BCUT2D eigenvalue weighted by molar-refractivity contribution is 4.91. The van der Waals surface area contributed by atoms with Gasteiger partial charge < -0.3 is 15.4 Å². The molecule has 3 heterocycles. The van der Waals surface area contributed by atoms with Gasteiger partial charge in [-0.15, -0.1) is 0 Å². The van der Waals surface area contributed by atoms with Crippen molar-refractivity contribution in [2.45, 2.75) is 63.1 Å². The summed E-state index contributed by atoms with van der Waals surface area (Å²) in [6.45, 7) is 3.23. The van der Waals surface area contributed by atoms with Crippen LogP contribution in [0.4, 0.5) is 0 Å². The zero-order valence-electron chi connectivity index (χ0n) is 10.8. The van der Waals surface area contributed by atoms with E-state index in [-0.39, 0.29) is 0 Å². The van der Waals surface area contributed by atoms with Gasteiger partial charge in [0.1, 0.15) is 0 Å². The molecule has 0 aromatic rings. The molecule has 3 rings (SSSR count). The van der Waals surface area contributed by atoms with Crippen molar-refractivity contribution in [2.24, 2.45) is 5.92 Å². The Bertz CT molecular complexity index is 228. The van der Waals surface area contributed by atoms with Gasteiger partial charge in [-0.3, -0.25) is 0 Å². The number of hydrogen-bond acceptors (Lipinski definition) is 3. The molecule has 3 unspecified atom stereocenters. The van der Waals surface area contributed by atoms with E-state index in [4.69, 9.17) is 4.74 Å². The normalized spacial score (nSPS) is 40.9. The van der Waals surface area contributed by atoms with E-state index in [1.54, 1.807) is 0 Å². The molecule has 3 saturated heterocycles. The van der Waals surface area contributed by atoms with Crippen molar-refractivity contribution in [1.29, 1.82) is 0 Å². The maximum absolute atomic E-state index is 5.62. The maximum atomic E-state index is 5.62. The molecule has 3 atom stereocenters. The third-order valence-corrected chi connectivity index (χ3v) is 4.70. The fourth-order valence-electron chi connectivity index (χ4n) is 3.79. The fourth-order valence-corrected chi connectivity index (χ4v) is 3.79. The first-order valence-electron chi connectivity index (χ1n) is 7.48. The third kappa shape index (κ3) is 3.21.